The van der Waals surface area contributed by atoms with E-state index < -0.39 is 0 Å². The second-order valence-electron chi connectivity index (χ2n) is 6.12. The molecule has 0 aliphatic carbocycles. The molecule has 0 aromatic carbocycles. The lowest BCUT2D eigenvalue weighted by Crippen LogP contribution is -2.39. The second-order valence-corrected chi connectivity index (χ2v) is 6.90. The number of ether oxygens (including phenoxy) is 1. The van der Waals surface area contributed by atoms with Gasteiger partial charge in [0.05, 0.1) is 11.8 Å². The molecule has 4 heterocycles. The number of aromatic nitrogens is 4. The molecule has 1 aliphatic heterocycles. The molecule has 3 aromatic rings. The van der Waals surface area contributed by atoms with Gasteiger partial charge in [0, 0.05) is 37.3 Å². The third-order valence-electron chi connectivity index (χ3n) is 4.39. The first-order valence-electron chi connectivity index (χ1n) is 8.54. The average molecular weight is 368 g/mol. The largest absolute Gasteiger partial charge is 0.380 e. The van der Waals surface area contributed by atoms with Crippen LogP contribution < -0.4 is 10.2 Å². The molecule has 8 heteroatoms. The summed E-state index contributed by atoms with van der Waals surface area (Å²) in [4.78, 5) is 19.8. The summed E-state index contributed by atoms with van der Waals surface area (Å²) in [5.74, 6) is 2.09. The minimum absolute atomic E-state index is 0.257. The Morgan fingerprint density at radius 2 is 2.23 bits per heavy atom. The van der Waals surface area contributed by atoms with Gasteiger partial charge in [-0.05, 0) is 36.4 Å². The Morgan fingerprint density at radius 1 is 1.27 bits per heavy atom. The van der Waals surface area contributed by atoms with Gasteiger partial charge in [-0.15, -0.1) is 0 Å². The Morgan fingerprint density at radius 3 is 3.08 bits per heavy atom. The summed E-state index contributed by atoms with van der Waals surface area (Å²) in [5.41, 5.74) is 1.90. The van der Waals surface area contributed by atoms with Crippen molar-refractivity contribution in [2.24, 2.45) is 0 Å². The predicted octanol–water partition coefficient (Wildman–Crippen LogP) is 3.35. The molecule has 0 saturated carbocycles. The van der Waals surface area contributed by atoms with Crippen molar-refractivity contribution in [3.63, 3.8) is 0 Å². The van der Waals surface area contributed by atoms with Crippen LogP contribution in [0.2, 0.25) is 0 Å². The van der Waals surface area contributed by atoms with Gasteiger partial charge in [0.25, 0.3) is 0 Å². The van der Waals surface area contributed by atoms with Gasteiger partial charge in [0.1, 0.15) is 12.1 Å². The van der Waals surface area contributed by atoms with Crippen LogP contribution >= 0.6 is 11.3 Å². The zero-order valence-electron chi connectivity index (χ0n) is 14.5. The molecular formula is C18H20N6OS. The van der Waals surface area contributed by atoms with Gasteiger partial charge in [-0.25, -0.2) is 15.0 Å². The first-order valence-corrected chi connectivity index (χ1v) is 9.48. The number of hydrogen-bond donors (Lipinski definition) is 1. The zero-order valence-corrected chi connectivity index (χ0v) is 15.3. The standard InChI is InChI=1S/C18H20N6OS/c1-25-15-3-2-7-24(10-15)16-9-13(4-6-19-16)17-20-12-21-18(23-17)22-14-5-8-26-11-14/h4-6,8-9,11-12,15H,2-3,7,10H2,1H3,(H,20,21,22,23). The summed E-state index contributed by atoms with van der Waals surface area (Å²) in [6, 6.07) is 5.94. The third-order valence-corrected chi connectivity index (χ3v) is 5.07. The number of methoxy groups -OCH3 is 1. The number of piperidine rings is 1. The van der Waals surface area contributed by atoms with E-state index in [9.17, 15) is 0 Å². The van der Waals surface area contributed by atoms with Crippen LogP contribution in [0.5, 0.6) is 0 Å². The van der Waals surface area contributed by atoms with Crippen LogP contribution in [-0.2, 0) is 4.74 Å². The topological polar surface area (TPSA) is 76.1 Å². The van der Waals surface area contributed by atoms with Crippen molar-refractivity contribution in [2.75, 3.05) is 30.4 Å². The van der Waals surface area contributed by atoms with E-state index in [4.69, 9.17) is 4.74 Å². The van der Waals surface area contributed by atoms with Crippen LogP contribution in [0.3, 0.4) is 0 Å². The highest BCUT2D eigenvalue weighted by Crippen LogP contribution is 2.24. The van der Waals surface area contributed by atoms with Gasteiger partial charge in [-0.2, -0.15) is 16.3 Å². The first-order chi connectivity index (χ1) is 12.8. The molecule has 0 radical (unpaired) electrons. The lowest BCUT2D eigenvalue weighted by Gasteiger charge is -2.32. The molecule has 1 atom stereocenters. The number of hydrogen-bond acceptors (Lipinski definition) is 8. The van der Waals surface area contributed by atoms with Gasteiger partial charge in [-0.1, -0.05) is 0 Å². The SMILES string of the molecule is COC1CCCN(c2cc(-c3ncnc(Nc4ccsc4)n3)ccn2)C1. The summed E-state index contributed by atoms with van der Waals surface area (Å²) in [7, 11) is 1.77. The van der Waals surface area contributed by atoms with E-state index >= 15 is 0 Å². The highest BCUT2D eigenvalue weighted by Gasteiger charge is 2.21. The molecule has 1 fully saturated rings. The summed E-state index contributed by atoms with van der Waals surface area (Å²) in [5, 5.41) is 7.21. The van der Waals surface area contributed by atoms with Crippen LogP contribution in [0.25, 0.3) is 11.4 Å². The molecule has 0 bridgehead atoms. The van der Waals surface area contributed by atoms with E-state index in [1.165, 1.54) is 6.33 Å². The molecule has 134 valence electrons. The Kier molecular flexibility index (Phi) is 5.03. The number of nitrogens with zero attached hydrogens (tertiary/aromatic N) is 5. The van der Waals surface area contributed by atoms with Crippen molar-refractivity contribution >= 4 is 28.8 Å². The van der Waals surface area contributed by atoms with E-state index in [-0.39, 0.29) is 6.10 Å². The van der Waals surface area contributed by atoms with Crippen molar-refractivity contribution in [2.45, 2.75) is 18.9 Å². The highest BCUT2D eigenvalue weighted by molar-refractivity contribution is 7.08. The summed E-state index contributed by atoms with van der Waals surface area (Å²) in [6.45, 7) is 1.84. The van der Waals surface area contributed by atoms with E-state index in [0.717, 1.165) is 43.0 Å². The first kappa shape index (κ1) is 16.9. The number of rotatable bonds is 5. The molecule has 4 rings (SSSR count). The molecular weight excluding hydrogens is 348 g/mol. The van der Waals surface area contributed by atoms with Gasteiger partial charge < -0.3 is 15.0 Å². The smallest absolute Gasteiger partial charge is 0.230 e. The number of pyridine rings is 1. The highest BCUT2D eigenvalue weighted by atomic mass is 32.1. The molecule has 7 nitrogen and oxygen atoms in total. The van der Waals surface area contributed by atoms with Crippen LogP contribution in [0.1, 0.15) is 12.8 Å². The Bertz CT molecular complexity index is 856. The lowest BCUT2D eigenvalue weighted by atomic mass is 10.1. The molecule has 3 aromatic heterocycles. The average Bonchev–Trinajstić information content (AvgIpc) is 3.21. The van der Waals surface area contributed by atoms with Crippen molar-refractivity contribution in [1.82, 2.24) is 19.9 Å². The van der Waals surface area contributed by atoms with Gasteiger partial charge >= 0.3 is 0 Å². The molecule has 0 amide bonds. The molecule has 1 N–H and O–H groups in total. The van der Waals surface area contributed by atoms with Crippen LogP contribution in [0.4, 0.5) is 17.5 Å². The Balaban J connectivity index is 1.56. The minimum atomic E-state index is 0.257. The van der Waals surface area contributed by atoms with E-state index in [1.807, 2.05) is 29.0 Å². The lowest BCUT2D eigenvalue weighted by molar-refractivity contribution is 0.0891. The maximum absolute atomic E-state index is 5.51. The fourth-order valence-electron chi connectivity index (χ4n) is 3.03. The Labute approximate surface area is 156 Å². The van der Waals surface area contributed by atoms with E-state index in [2.05, 4.69) is 30.2 Å². The second kappa shape index (κ2) is 7.76. The third kappa shape index (κ3) is 3.81. The van der Waals surface area contributed by atoms with Gasteiger partial charge in [0.2, 0.25) is 5.95 Å². The van der Waals surface area contributed by atoms with Crippen molar-refractivity contribution in [1.29, 1.82) is 0 Å². The van der Waals surface area contributed by atoms with Crippen LogP contribution in [0.15, 0.2) is 41.5 Å². The predicted molar refractivity (Wildman–Crippen MR) is 103 cm³/mol. The number of nitrogens with one attached hydrogen (secondary N) is 1. The molecule has 1 aliphatic rings. The summed E-state index contributed by atoms with van der Waals surface area (Å²) < 4.78 is 5.51. The molecule has 1 saturated heterocycles. The van der Waals surface area contributed by atoms with Crippen molar-refractivity contribution < 1.29 is 4.74 Å². The maximum Gasteiger partial charge on any atom is 0.230 e. The zero-order chi connectivity index (χ0) is 17.8. The normalized spacial score (nSPS) is 17.3. The fourth-order valence-corrected chi connectivity index (χ4v) is 3.62. The van der Waals surface area contributed by atoms with Gasteiger partial charge in [0.15, 0.2) is 5.82 Å². The quantitative estimate of drug-likeness (QED) is 0.740. The van der Waals surface area contributed by atoms with E-state index in [1.54, 1.807) is 24.6 Å². The number of thiophene rings is 1. The molecule has 1 unspecified atom stereocenters. The van der Waals surface area contributed by atoms with Gasteiger partial charge in [-0.3, -0.25) is 0 Å². The minimum Gasteiger partial charge on any atom is -0.380 e. The van der Waals surface area contributed by atoms with Crippen LogP contribution in [0, 0.1) is 0 Å². The molecule has 0 spiro atoms. The number of anilines is 3. The van der Waals surface area contributed by atoms with Crippen LogP contribution in [-0.4, -0.2) is 46.2 Å². The fraction of sp³-hybridized carbons (Fsp3) is 0.333. The van der Waals surface area contributed by atoms with E-state index in [0.29, 0.717) is 11.8 Å². The molecule has 26 heavy (non-hydrogen) atoms. The summed E-state index contributed by atoms with van der Waals surface area (Å²) in [6.07, 6.45) is 5.78. The summed E-state index contributed by atoms with van der Waals surface area (Å²) >= 11 is 1.62. The Hall–Kier alpha value is -2.58. The monoisotopic (exact) mass is 368 g/mol. The van der Waals surface area contributed by atoms with Crippen molar-refractivity contribution in [3.8, 4) is 11.4 Å². The van der Waals surface area contributed by atoms with Crippen molar-refractivity contribution in [3.05, 3.63) is 41.5 Å². The maximum atomic E-state index is 5.51.